The smallest absolute Gasteiger partial charge is 0.274 e. The van der Waals surface area contributed by atoms with Crippen molar-refractivity contribution >= 4 is 21.8 Å². The molecule has 4 rings (SSSR count). The van der Waals surface area contributed by atoms with E-state index in [0.29, 0.717) is 53.7 Å². The third-order valence-electron chi connectivity index (χ3n) is 4.32. The van der Waals surface area contributed by atoms with Crippen molar-refractivity contribution < 1.29 is 18.4 Å². The number of hydrogen-bond donors (Lipinski definition) is 0. The van der Waals surface area contributed by atoms with Crippen molar-refractivity contribution in [1.82, 2.24) is 19.6 Å². The van der Waals surface area contributed by atoms with Crippen LogP contribution in [-0.2, 0) is 16.1 Å². The molecule has 1 fully saturated rings. The molecule has 27 heavy (non-hydrogen) atoms. The van der Waals surface area contributed by atoms with Gasteiger partial charge in [-0.25, -0.2) is 4.39 Å². The first kappa shape index (κ1) is 17.9. The van der Waals surface area contributed by atoms with Gasteiger partial charge in [-0.3, -0.25) is 4.79 Å². The fraction of sp³-hybridized carbons (Fsp3) is 0.278. The summed E-state index contributed by atoms with van der Waals surface area (Å²) in [6.45, 7) is 2.50. The Morgan fingerprint density at radius 1 is 1.26 bits per heavy atom. The molecule has 1 aliphatic rings. The van der Waals surface area contributed by atoms with Crippen LogP contribution in [0.3, 0.4) is 0 Å². The van der Waals surface area contributed by atoms with Crippen LogP contribution in [0, 0.1) is 5.82 Å². The van der Waals surface area contributed by atoms with Crippen LogP contribution in [0.2, 0.25) is 0 Å². The Morgan fingerprint density at radius 3 is 2.85 bits per heavy atom. The average molecular weight is 435 g/mol. The van der Waals surface area contributed by atoms with Gasteiger partial charge in [0.25, 0.3) is 5.89 Å². The third-order valence-corrected chi connectivity index (χ3v) is 4.93. The van der Waals surface area contributed by atoms with Crippen molar-refractivity contribution in [3.63, 3.8) is 0 Å². The van der Waals surface area contributed by atoms with Crippen molar-refractivity contribution in [3.05, 3.63) is 46.8 Å². The van der Waals surface area contributed by atoms with Crippen molar-refractivity contribution in [2.75, 3.05) is 26.3 Å². The first-order chi connectivity index (χ1) is 13.1. The van der Waals surface area contributed by atoms with Crippen molar-refractivity contribution in [2.24, 2.45) is 0 Å². The fourth-order valence-electron chi connectivity index (χ4n) is 2.88. The Bertz CT molecular complexity index is 965. The standard InChI is InChI=1S/C18H16BrFN4O3/c19-13-10-12(3-4-14(13)20)17-21-18(27-22-17)15-2-1-5-24(15)11-16(25)23-6-8-26-9-7-23/h1-5,10H,6-9,11H2. The number of ether oxygens (including phenoxy) is 1. The number of rotatable bonds is 4. The van der Waals surface area contributed by atoms with E-state index in [4.69, 9.17) is 9.26 Å². The maximum absolute atomic E-state index is 13.4. The van der Waals surface area contributed by atoms with Crippen LogP contribution in [0.5, 0.6) is 0 Å². The maximum atomic E-state index is 13.4. The molecule has 0 radical (unpaired) electrons. The maximum Gasteiger partial charge on any atom is 0.274 e. The summed E-state index contributed by atoms with van der Waals surface area (Å²) in [6.07, 6.45) is 1.80. The first-order valence-electron chi connectivity index (χ1n) is 8.42. The molecule has 3 heterocycles. The van der Waals surface area contributed by atoms with E-state index in [1.807, 2.05) is 12.1 Å². The summed E-state index contributed by atoms with van der Waals surface area (Å²) in [5.41, 5.74) is 1.28. The van der Waals surface area contributed by atoms with E-state index >= 15 is 0 Å². The number of aromatic nitrogens is 3. The zero-order valence-corrected chi connectivity index (χ0v) is 15.9. The van der Waals surface area contributed by atoms with Crippen LogP contribution < -0.4 is 0 Å². The Hall–Kier alpha value is -2.52. The van der Waals surface area contributed by atoms with Crippen LogP contribution in [0.1, 0.15) is 0 Å². The molecule has 1 aliphatic heterocycles. The van der Waals surface area contributed by atoms with Gasteiger partial charge < -0.3 is 18.7 Å². The highest BCUT2D eigenvalue weighted by Gasteiger charge is 2.20. The van der Waals surface area contributed by atoms with E-state index in [1.165, 1.54) is 6.07 Å². The SMILES string of the molecule is O=C(Cn1cccc1-c1nc(-c2ccc(F)c(Br)c2)no1)N1CCOCC1. The highest BCUT2D eigenvalue weighted by molar-refractivity contribution is 9.10. The van der Waals surface area contributed by atoms with Gasteiger partial charge in [0.2, 0.25) is 11.7 Å². The van der Waals surface area contributed by atoms with E-state index in [1.54, 1.807) is 27.8 Å². The summed E-state index contributed by atoms with van der Waals surface area (Å²) in [5, 5.41) is 3.97. The zero-order valence-electron chi connectivity index (χ0n) is 14.3. The molecule has 0 N–H and O–H groups in total. The van der Waals surface area contributed by atoms with Crippen LogP contribution in [0.4, 0.5) is 4.39 Å². The van der Waals surface area contributed by atoms with Gasteiger partial charge in [0, 0.05) is 24.8 Å². The number of carbonyl (C=O) groups excluding carboxylic acids is 1. The average Bonchev–Trinajstić information content (AvgIpc) is 3.34. The highest BCUT2D eigenvalue weighted by Crippen LogP contribution is 2.26. The highest BCUT2D eigenvalue weighted by atomic mass is 79.9. The fourth-order valence-corrected chi connectivity index (χ4v) is 3.26. The van der Waals surface area contributed by atoms with E-state index in [9.17, 15) is 9.18 Å². The third kappa shape index (κ3) is 3.79. The molecule has 2 aromatic heterocycles. The molecule has 0 spiro atoms. The second-order valence-corrected chi connectivity index (χ2v) is 6.92. The minimum atomic E-state index is -0.363. The summed E-state index contributed by atoms with van der Waals surface area (Å²) in [4.78, 5) is 18.7. The van der Waals surface area contributed by atoms with Gasteiger partial charge in [-0.2, -0.15) is 4.98 Å². The number of hydrogen-bond acceptors (Lipinski definition) is 5. The molecule has 0 atom stereocenters. The van der Waals surface area contributed by atoms with Gasteiger partial charge in [-0.1, -0.05) is 5.16 Å². The lowest BCUT2D eigenvalue weighted by molar-refractivity contribution is -0.135. The summed E-state index contributed by atoms with van der Waals surface area (Å²) in [5.74, 6) is 0.291. The molecule has 1 aromatic carbocycles. The van der Waals surface area contributed by atoms with Crippen LogP contribution in [-0.4, -0.2) is 51.8 Å². The topological polar surface area (TPSA) is 73.4 Å². The Morgan fingerprint density at radius 2 is 2.07 bits per heavy atom. The number of halogens is 2. The molecule has 9 heteroatoms. The Kier molecular flexibility index (Phi) is 5.04. The normalized spacial score (nSPS) is 14.5. The number of amides is 1. The van der Waals surface area contributed by atoms with E-state index in [2.05, 4.69) is 26.1 Å². The molecule has 1 amide bonds. The predicted octanol–water partition coefficient (Wildman–Crippen LogP) is 2.97. The summed E-state index contributed by atoms with van der Waals surface area (Å²) in [6, 6.07) is 8.13. The van der Waals surface area contributed by atoms with E-state index in [-0.39, 0.29) is 18.3 Å². The van der Waals surface area contributed by atoms with Gasteiger partial charge >= 0.3 is 0 Å². The predicted molar refractivity (Wildman–Crippen MR) is 98.2 cm³/mol. The lowest BCUT2D eigenvalue weighted by atomic mass is 10.2. The van der Waals surface area contributed by atoms with Gasteiger partial charge in [0.05, 0.1) is 17.7 Å². The second-order valence-electron chi connectivity index (χ2n) is 6.07. The second kappa shape index (κ2) is 7.61. The van der Waals surface area contributed by atoms with Gasteiger partial charge in [-0.05, 0) is 46.3 Å². The molecular formula is C18H16BrFN4O3. The monoisotopic (exact) mass is 434 g/mol. The lowest BCUT2D eigenvalue weighted by Crippen LogP contribution is -2.42. The van der Waals surface area contributed by atoms with E-state index < -0.39 is 0 Å². The molecule has 7 nitrogen and oxygen atoms in total. The first-order valence-corrected chi connectivity index (χ1v) is 9.21. The Labute approximate surface area is 162 Å². The number of morpholine rings is 1. The van der Waals surface area contributed by atoms with E-state index in [0.717, 1.165) is 0 Å². The minimum Gasteiger partial charge on any atom is -0.378 e. The molecule has 0 aliphatic carbocycles. The lowest BCUT2D eigenvalue weighted by Gasteiger charge is -2.27. The quantitative estimate of drug-likeness (QED) is 0.630. The number of carbonyl (C=O) groups is 1. The molecular weight excluding hydrogens is 419 g/mol. The zero-order chi connectivity index (χ0) is 18.8. The summed E-state index contributed by atoms with van der Waals surface area (Å²) in [7, 11) is 0. The van der Waals surface area contributed by atoms with Crippen LogP contribution in [0.25, 0.3) is 23.0 Å². The molecule has 0 unspecified atom stereocenters. The van der Waals surface area contributed by atoms with Gasteiger partial charge in [-0.15, -0.1) is 0 Å². The van der Waals surface area contributed by atoms with Crippen molar-refractivity contribution in [3.8, 4) is 23.0 Å². The summed E-state index contributed by atoms with van der Waals surface area (Å²) >= 11 is 3.15. The largest absolute Gasteiger partial charge is 0.378 e. The molecule has 3 aromatic rings. The van der Waals surface area contributed by atoms with Crippen LogP contribution >= 0.6 is 15.9 Å². The molecule has 140 valence electrons. The summed E-state index contributed by atoms with van der Waals surface area (Å²) < 4.78 is 26.2. The number of benzene rings is 1. The van der Waals surface area contributed by atoms with Crippen molar-refractivity contribution in [2.45, 2.75) is 6.54 Å². The molecule has 0 bridgehead atoms. The van der Waals surface area contributed by atoms with Gasteiger partial charge in [0.1, 0.15) is 18.1 Å². The number of nitrogens with zero attached hydrogens (tertiary/aromatic N) is 4. The van der Waals surface area contributed by atoms with Crippen molar-refractivity contribution in [1.29, 1.82) is 0 Å². The molecule has 1 saturated heterocycles. The van der Waals surface area contributed by atoms with Crippen LogP contribution in [0.15, 0.2) is 45.5 Å². The Balaban J connectivity index is 1.55. The minimum absolute atomic E-state index is 0.0120. The molecule has 0 saturated carbocycles. The van der Waals surface area contributed by atoms with Gasteiger partial charge in [0.15, 0.2) is 0 Å².